The van der Waals surface area contributed by atoms with Gasteiger partial charge in [-0.15, -0.1) is 0 Å². The van der Waals surface area contributed by atoms with Crippen molar-refractivity contribution in [2.75, 3.05) is 6.54 Å². The van der Waals surface area contributed by atoms with Crippen LogP contribution in [0.2, 0.25) is 0 Å². The fraction of sp³-hybridized carbons (Fsp3) is 0.471. The van der Waals surface area contributed by atoms with Crippen molar-refractivity contribution in [2.24, 2.45) is 11.8 Å². The summed E-state index contributed by atoms with van der Waals surface area (Å²) in [7, 11) is 0. The Hall–Kier alpha value is -1.97. The largest absolute Gasteiger partial charge is 0.292 e. The molecular formula is C17H21NO3. The Morgan fingerprint density at radius 1 is 0.952 bits per heavy atom. The van der Waals surface area contributed by atoms with E-state index in [1.807, 2.05) is 32.9 Å². The Kier molecular flexibility index (Phi) is 3.99. The van der Waals surface area contributed by atoms with Crippen LogP contribution in [0.3, 0.4) is 0 Å². The molecule has 0 aliphatic carbocycles. The molecule has 2 unspecified atom stereocenters. The molecule has 0 radical (unpaired) electrons. The van der Waals surface area contributed by atoms with Crippen LogP contribution in [-0.2, 0) is 9.59 Å². The monoisotopic (exact) mass is 287 g/mol. The van der Waals surface area contributed by atoms with Gasteiger partial charge >= 0.3 is 0 Å². The second-order valence-electron chi connectivity index (χ2n) is 6.01. The zero-order valence-electron chi connectivity index (χ0n) is 13.2. The van der Waals surface area contributed by atoms with Gasteiger partial charge in [-0.1, -0.05) is 19.9 Å². The van der Waals surface area contributed by atoms with Gasteiger partial charge in [-0.25, -0.2) is 0 Å². The molecule has 2 rings (SSSR count). The number of hydrogen-bond donors (Lipinski definition) is 0. The molecule has 1 aliphatic rings. The van der Waals surface area contributed by atoms with Gasteiger partial charge in [0.05, 0.1) is 6.54 Å². The smallest absolute Gasteiger partial charge is 0.233 e. The molecule has 0 saturated carbocycles. The number of Topliss-reactive ketones (excluding diaryl/α,β-unsaturated/α-hetero) is 1. The van der Waals surface area contributed by atoms with Crippen LogP contribution in [0.25, 0.3) is 0 Å². The lowest BCUT2D eigenvalue weighted by Gasteiger charge is -2.15. The molecule has 1 aliphatic heterocycles. The molecule has 4 heteroatoms. The quantitative estimate of drug-likeness (QED) is 0.634. The number of amides is 2. The van der Waals surface area contributed by atoms with Gasteiger partial charge in [-0.3, -0.25) is 19.3 Å². The number of ketones is 1. The van der Waals surface area contributed by atoms with Gasteiger partial charge in [0.2, 0.25) is 11.8 Å². The standard InChI is InChI=1S/C17H21NO3/c1-9-6-11(3)14(7-10(9)2)15(19)8-18-16(20)12(4)13(5)17(18)21/h6-7,12-13H,8H2,1-5H3. The van der Waals surface area contributed by atoms with Crippen LogP contribution in [0.1, 0.15) is 40.9 Å². The first-order valence-corrected chi connectivity index (χ1v) is 7.20. The van der Waals surface area contributed by atoms with E-state index < -0.39 is 0 Å². The van der Waals surface area contributed by atoms with Crippen molar-refractivity contribution in [1.29, 1.82) is 0 Å². The summed E-state index contributed by atoms with van der Waals surface area (Å²) in [6.07, 6.45) is 0. The number of rotatable bonds is 3. The van der Waals surface area contributed by atoms with E-state index in [2.05, 4.69) is 0 Å². The zero-order chi connectivity index (χ0) is 15.9. The van der Waals surface area contributed by atoms with Gasteiger partial charge in [-0.2, -0.15) is 0 Å². The van der Waals surface area contributed by atoms with Crippen molar-refractivity contribution < 1.29 is 14.4 Å². The molecule has 0 spiro atoms. The highest BCUT2D eigenvalue weighted by Gasteiger charge is 2.42. The summed E-state index contributed by atoms with van der Waals surface area (Å²) in [5, 5.41) is 0. The molecule has 0 aromatic heterocycles. The summed E-state index contributed by atoms with van der Waals surface area (Å²) in [5.74, 6) is -1.36. The Labute approximate surface area is 125 Å². The van der Waals surface area contributed by atoms with Crippen LogP contribution in [0.15, 0.2) is 12.1 Å². The van der Waals surface area contributed by atoms with Crippen LogP contribution in [0.5, 0.6) is 0 Å². The first kappa shape index (κ1) is 15.4. The molecule has 1 aromatic rings. The van der Waals surface area contributed by atoms with Gasteiger partial charge in [0, 0.05) is 17.4 Å². The third-order valence-electron chi connectivity index (χ3n) is 4.50. The van der Waals surface area contributed by atoms with Crippen LogP contribution >= 0.6 is 0 Å². The van der Waals surface area contributed by atoms with E-state index in [1.165, 1.54) is 0 Å². The van der Waals surface area contributed by atoms with Crippen LogP contribution in [0.4, 0.5) is 0 Å². The summed E-state index contributed by atoms with van der Waals surface area (Å²) in [5.41, 5.74) is 3.62. The summed E-state index contributed by atoms with van der Waals surface area (Å²) < 4.78 is 0. The lowest BCUT2D eigenvalue weighted by Crippen LogP contribution is -2.36. The second kappa shape index (κ2) is 5.43. The first-order valence-electron chi connectivity index (χ1n) is 7.20. The van der Waals surface area contributed by atoms with Crippen molar-refractivity contribution in [2.45, 2.75) is 34.6 Å². The van der Waals surface area contributed by atoms with E-state index >= 15 is 0 Å². The van der Waals surface area contributed by atoms with Gasteiger partial charge in [0.15, 0.2) is 5.78 Å². The zero-order valence-corrected chi connectivity index (χ0v) is 13.2. The summed E-state index contributed by atoms with van der Waals surface area (Å²) in [6, 6.07) is 3.80. The van der Waals surface area contributed by atoms with Crippen LogP contribution in [0, 0.1) is 32.6 Å². The van der Waals surface area contributed by atoms with Crippen LogP contribution in [-0.4, -0.2) is 29.0 Å². The Bertz CT molecular complexity index is 613. The Morgan fingerprint density at radius 2 is 1.43 bits per heavy atom. The fourth-order valence-electron chi connectivity index (χ4n) is 2.67. The maximum atomic E-state index is 12.4. The van der Waals surface area contributed by atoms with Gasteiger partial charge in [0.25, 0.3) is 0 Å². The highest BCUT2D eigenvalue weighted by molar-refractivity contribution is 6.09. The number of imide groups is 1. The number of carbonyl (C=O) groups excluding carboxylic acids is 3. The maximum absolute atomic E-state index is 12.4. The number of hydrogen-bond acceptors (Lipinski definition) is 3. The number of aryl methyl sites for hydroxylation is 3. The van der Waals surface area contributed by atoms with Crippen molar-refractivity contribution in [3.05, 3.63) is 34.4 Å². The SMILES string of the molecule is Cc1cc(C)c(C(=O)CN2C(=O)C(C)C(C)C2=O)cc1C. The van der Waals surface area contributed by atoms with Gasteiger partial charge < -0.3 is 0 Å². The van der Waals surface area contributed by atoms with Crippen molar-refractivity contribution in [1.82, 2.24) is 4.90 Å². The molecule has 1 fully saturated rings. The molecule has 1 heterocycles. The minimum Gasteiger partial charge on any atom is -0.292 e. The second-order valence-corrected chi connectivity index (χ2v) is 6.01. The third kappa shape index (κ3) is 2.62. The van der Waals surface area contributed by atoms with E-state index in [1.54, 1.807) is 13.8 Å². The molecule has 1 aromatic carbocycles. The molecule has 0 bridgehead atoms. The maximum Gasteiger partial charge on any atom is 0.233 e. The van der Waals surface area contributed by atoms with Gasteiger partial charge in [-0.05, 0) is 43.5 Å². The number of carbonyl (C=O) groups is 3. The summed E-state index contributed by atoms with van der Waals surface area (Å²) in [6.45, 7) is 9.12. The molecule has 2 atom stereocenters. The first-order chi connectivity index (χ1) is 9.73. The normalized spacial score (nSPS) is 22.0. The minimum absolute atomic E-state index is 0.157. The van der Waals surface area contributed by atoms with Crippen molar-refractivity contribution >= 4 is 17.6 Å². The number of benzene rings is 1. The average molecular weight is 287 g/mol. The molecule has 4 nitrogen and oxygen atoms in total. The predicted molar refractivity (Wildman–Crippen MR) is 80.0 cm³/mol. The van der Waals surface area contributed by atoms with E-state index in [0.717, 1.165) is 21.6 Å². The topological polar surface area (TPSA) is 54.5 Å². The Morgan fingerprint density at radius 3 is 1.95 bits per heavy atom. The molecule has 2 amide bonds. The average Bonchev–Trinajstić information content (AvgIpc) is 2.60. The fourth-order valence-corrected chi connectivity index (χ4v) is 2.67. The van der Waals surface area contributed by atoms with E-state index in [4.69, 9.17) is 0 Å². The predicted octanol–water partition coefficient (Wildman–Crippen LogP) is 2.44. The summed E-state index contributed by atoms with van der Waals surface area (Å²) in [4.78, 5) is 37.7. The number of nitrogens with zero attached hydrogens (tertiary/aromatic N) is 1. The van der Waals surface area contributed by atoms with E-state index in [9.17, 15) is 14.4 Å². The highest BCUT2D eigenvalue weighted by atomic mass is 16.2. The molecule has 0 N–H and O–H groups in total. The lowest BCUT2D eigenvalue weighted by atomic mass is 9.98. The van der Waals surface area contributed by atoms with Crippen LogP contribution < -0.4 is 0 Å². The lowest BCUT2D eigenvalue weighted by molar-refractivity contribution is -0.139. The van der Waals surface area contributed by atoms with Crippen molar-refractivity contribution in [3.63, 3.8) is 0 Å². The Balaban J connectivity index is 2.25. The molecular weight excluding hydrogens is 266 g/mol. The van der Waals surface area contributed by atoms with Gasteiger partial charge in [0.1, 0.15) is 0 Å². The van der Waals surface area contributed by atoms with E-state index in [-0.39, 0.29) is 36.0 Å². The highest BCUT2D eigenvalue weighted by Crippen LogP contribution is 2.26. The molecule has 21 heavy (non-hydrogen) atoms. The molecule has 1 saturated heterocycles. The van der Waals surface area contributed by atoms with Crippen molar-refractivity contribution in [3.8, 4) is 0 Å². The minimum atomic E-state index is -0.342. The third-order valence-corrected chi connectivity index (χ3v) is 4.50. The van der Waals surface area contributed by atoms with E-state index in [0.29, 0.717) is 5.56 Å². The summed E-state index contributed by atoms with van der Waals surface area (Å²) >= 11 is 0. The molecule has 112 valence electrons. The number of likely N-dealkylation sites (tertiary alicyclic amines) is 1.